The molecule has 1 rings (SSSR count). The second kappa shape index (κ2) is 8.24. The molecule has 0 radical (unpaired) electrons. The normalized spacial score (nSPS) is 13.2. The van der Waals surface area contributed by atoms with Gasteiger partial charge in [0, 0.05) is 25.4 Å². The zero-order valence-corrected chi connectivity index (χ0v) is 13.2. The Bertz CT molecular complexity index is 480. The molecule has 0 aliphatic heterocycles. The number of methoxy groups -OCH3 is 1. The molecule has 0 saturated heterocycles. The van der Waals surface area contributed by atoms with Gasteiger partial charge < -0.3 is 10.1 Å². The van der Waals surface area contributed by atoms with Crippen molar-refractivity contribution >= 4 is 15.7 Å². The fourth-order valence-corrected chi connectivity index (χ4v) is 3.03. The smallest absolute Gasteiger partial charge is 0.240 e. The van der Waals surface area contributed by atoms with Crippen molar-refractivity contribution in [2.75, 3.05) is 25.6 Å². The Morgan fingerprint density at radius 1 is 1.20 bits per heavy atom. The summed E-state index contributed by atoms with van der Waals surface area (Å²) in [7, 11) is -1.70. The Balaban J connectivity index is 2.75. The Hall–Kier alpha value is -1.11. The van der Waals surface area contributed by atoms with Crippen LogP contribution >= 0.6 is 0 Å². The van der Waals surface area contributed by atoms with Crippen molar-refractivity contribution in [1.29, 1.82) is 0 Å². The summed E-state index contributed by atoms with van der Waals surface area (Å²) >= 11 is 0. The van der Waals surface area contributed by atoms with Crippen LogP contribution in [0, 0.1) is 0 Å². The summed E-state index contributed by atoms with van der Waals surface area (Å²) in [5.74, 6) is 0. The summed E-state index contributed by atoms with van der Waals surface area (Å²) in [5, 5.41) is 3.35. The third-order valence-electron chi connectivity index (χ3n) is 2.87. The van der Waals surface area contributed by atoms with Gasteiger partial charge >= 0.3 is 0 Å². The molecule has 0 aliphatic rings. The molecule has 2 N–H and O–H groups in total. The number of rotatable bonds is 9. The third-order valence-corrected chi connectivity index (χ3v) is 4.44. The molecular formula is C14H24N2O3S. The molecule has 0 saturated carbocycles. The van der Waals surface area contributed by atoms with Crippen LogP contribution in [0.5, 0.6) is 0 Å². The molecule has 1 atom stereocenters. The highest BCUT2D eigenvalue weighted by Gasteiger charge is 2.12. The van der Waals surface area contributed by atoms with E-state index in [9.17, 15) is 8.42 Å². The molecule has 20 heavy (non-hydrogen) atoms. The number of benzene rings is 1. The van der Waals surface area contributed by atoms with Crippen LogP contribution in [0.2, 0.25) is 0 Å². The molecule has 114 valence electrons. The van der Waals surface area contributed by atoms with E-state index >= 15 is 0 Å². The van der Waals surface area contributed by atoms with Gasteiger partial charge in [0.05, 0.1) is 11.5 Å². The second-order valence-corrected chi connectivity index (χ2v) is 6.38. The van der Waals surface area contributed by atoms with E-state index in [2.05, 4.69) is 17.0 Å². The first-order chi connectivity index (χ1) is 9.53. The summed E-state index contributed by atoms with van der Waals surface area (Å²) in [6.45, 7) is 4.89. The zero-order valence-electron chi connectivity index (χ0n) is 12.3. The van der Waals surface area contributed by atoms with Crippen LogP contribution < -0.4 is 10.0 Å². The highest BCUT2D eigenvalue weighted by atomic mass is 32.2. The molecule has 0 amide bonds. The van der Waals surface area contributed by atoms with Gasteiger partial charge in [-0.2, -0.15) is 0 Å². The average Bonchev–Trinajstić information content (AvgIpc) is 2.40. The minimum absolute atomic E-state index is 0.237. The van der Waals surface area contributed by atoms with Crippen LogP contribution in [0.4, 0.5) is 5.69 Å². The molecule has 0 spiro atoms. The quantitative estimate of drug-likeness (QED) is 0.734. The van der Waals surface area contributed by atoms with Crippen LogP contribution in [0.1, 0.15) is 26.7 Å². The summed E-state index contributed by atoms with van der Waals surface area (Å²) in [6, 6.07) is 7.01. The fraction of sp³-hybridized carbons (Fsp3) is 0.571. The van der Waals surface area contributed by atoms with Gasteiger partial charge in [0.25, 0.3) is 0 Å². The predicted octanol–water partition coefficient (Wildman–Crippen LogP) is 2.21. The number of hydrogen-bond donors (Lipinski definition) is 2. The van der Waals surface area contributed by atoms with Gasteiger partial charge in [-0.25, -0.2) is 13.1 Å². The SMILES string of the molecule is CCCC(COC)Nc1ccc(S(=O)(=O)NCC)cc1. The van der Waals surface area contributed by atoms with Gasteiger partial charge in [0.2, 0.25) is 10.0 Å². The molecule has 1 aromatic rings. The van der Waals surface area contributed by atoms with Crippen LogP contribution in [0.15, 0.2) is 29.2 Å². The van der Waals surface area contributed by atoms with Gasteiger partial charge in [-0.05, 0) is 30.7 Å². The van der Waals surface area contributed by atoms with Crippen molar-refractivity contribution in [3.05, 3.63) is 24.3 Å². The highest BCUT2D eigenvalue weighted by molar-refractivity contribution is 7.89. The van der Waals surface area contributed by atoms with E-state index in [1.807, 2.05) is 0 Å². The lowest BCUT2D eigenvalue weighted by molar-refractivity contribution is 0.182. The van der Waals surface area contributed by atoms with Crippen LogP contribution in [0.25, 0.3) is 0 Å². The third kappa shape index (κ3) is 5.11. The van der Waals surface area contributed by atoms with Gasteiger partial charge in [-0.1, -0.05) is 20.3 Å². The molecule has 5 nitrogen and oxygen atoms in total. The van der Waals surface area contributed by atoms with Crippen LogP contribution in [0.3, 0.4) is 0 Å². The van der Waals surface area contributed by atoms with E-state index < -0.39 is 10.0 Å². The van der Waals surface area contributed by atoms with Crippen molar-refractivity contribution < 1.29 is 13.2 Å². The maximum atomic E-state index is 11.8. The zero-order chi connectivity index (χ0) is 15.0. The van der Waals surface area contributed by atoms with E-state index in [-0.39, 0.29) is 10.9 Å². The topological polar surface area (TPSA) is 67.4 Å². The van der Waals surface area contributed by atoms with Crippen molar-refractivity contribution in [3.63, 3.8) is 0 Å². The first-order valence-corrected chi connectivity index (χ1v) is 8.37. The van der Waals surface area contributed by atoms with E-state index in [1.54, 1.807) is 38.3 Å². The summed E-state index contributed by atoms with van der Waals surface area (Å²) < 4.78 is 31.3. The van der Waals surface area contributed by atoms with E-state index in [4.69, 9.17) is 4.74 Å². The molecular weight excluding hydrogens is 276 g/mol. The molecule has 0 aliphatic carbocycles. The fourth-order valence-electron chi connectivity index (χ4n) is 1.99. The summed E-state index contributed by atoms with van der Waals surface area (Å²) in [6.07, 6.45) is 2.07. The lowest BCUT2D eigenvalue weighted by Gasteiger charge is -2.18. The Morgan fingerprint density at radius 2 is 1.85 bits per heavy atom. The largest absolute Gasteiger partial charge is 0.383 e. The monoisotopic (exact) mass is 300 g/mol. The number of sulfonamides is 1. The van der Waals surface area contributed by atoms with Gasteiger partial charge in [0.1, 0.15) is 0 Å². The van der Waals surface area contributed by atoms with Gasteiger partial charge in [0.15, 0.2) is 0 Å². The number of nitrogens with one attached hydrogen (secondary N) is 2. The van der Waals surface area contributed by atoms with Crippen molar-refractivity contribution in [1.82, 2.24) is 4.72 Å². The predicted molar refractivity (Wildman–Crippen MR) is 81.5 cm³/mol. The van der Waals surface area contributed by atoms with Crippen molar-refractivity contribution in [2.45, 2.75) is 37.6 Å². The molecule has 1 unspecified atom stereocenters. The standard InChI is InChI=1S/C14H24N2O3S/c1-4-6-13(11-19-3)16-12-7-9-14(10-8-12)20(17,18)15-5-2/h7-10,13,15-16H,4-6,11H2,1-3H3. The van der Waals surface area contributed by atoms with E-state index in [1.165, 1.54) is 0 Å². The molecule has 0 heterocycles. The second-order valence-electron chi connectivity index (χ2n) is 4.61. The maximum Gasteiger partial charge on any atom is 0.240 e. The van der Waals surface area contributed by atoms with Crippen LogP contribution in [-0.4, -0.2) is 34.7 Å². The Morgan fingerprint density at radius 3 is 2.35 bits per heavy atom. The lowest BCUT2D eigenvalue weighted by atomic mass is 10.1. The van der Waals surface area contributed by atoms with Crippen molar-refractivity contribution in [2.24, 2.45) is 0 Å². The minimum atomic E-state index is -3.38. The number of hydrogen-bond acceptors (Lipinski definition) is 4. The first kappa shape index (κ1) is 16.9. The highest BCUT2D eigenvalue weighted by Crippen LogP contribution is 2.16. The molecule has 0 aromatic heterocycles. The Labute approximate surface area is 121 Å². The van der Waals surface area contributed by atoms with E-state index in [0.29, 0.717) is 13.2 Å². The summed E-state index contributed by atoms with van der Waals surface area (Å²) in [4.78, 5) is 0.281. The van der Waals surface area contributed by atoms with Gasteiger partial charge in [-0.3, -0.25) is 0 Å². The van der Waals surface area contributed by atoms with E-state index in [0.717, 1.165) is 18.5 Å². The minimum Gasteiger partial charge on any atom is -0.383 e. The molecule has 0 bridgehead atoms. The first-order valence-electron chi connectivity index (χ1n) is 6.88. The molecule has 1 aromatic carbocycles. The molecule has 0 fully saturated rings. The average molecular weight is 300 g/mol. The number of anilines is 1. The maximum absolute atomic E-state index is 11.8. The molecule has 6 heteroatoms. The lowest BCUT2D eigenvalue weighted by Crippen LogP contribution is -2.25. The van der Waals surface area contributed by atoms with Gasteiger partial charge in [-0.15, -0.1) is 0 Å². The summed E-state index contributed by atoms with van der Waals surface area (Å²) in [5.41, 5.74) is 0.899. The Kier molecular flexibility index (Phi) is 6.98. The van der Waals surface area contributed by atoms with Crippen molar-refractivity contribution in [3.8, 4) is 0 Å². The van der Waals surface area contributed by atoms with Crippen LogP contribution in [-0.2, 0) is 14.8 Å². The number of ether oxygens (including phenoxy) is 1.